The predicted octanol–water partition coefficient (Wildman–Crippen LogP) is 0.407. The molecule has 4 atom stereocenters. The maximum Gasteiger partial charge on any atom is 0.311 e. The average Bonchev–Trinajstić information content (AvgIpc) is 3.01. The van der Waals surface area contributed by atoms with Gasteiger partial charge in [0.15, 0.2) is 6.61 Å². The Bertz CT molecular complexity index is 592. The van der Waals surface area contributed by atoms with Gasteiger partial charge in [-0.15, -0.1) is 0 Å². The lowest BCUT2D eigenvalue weighted by atomic mass is 9.77. The van der Waals surface area contributed by atoms with Crippen molar-refractivity contribution in [3.63, 3.8) is 0 Å². The van der Waals surface area contributed by atoms with Crippen LogP contribution in [-0.2, 0) is 23.9 Å². The molecule has 0 aromatic carbocycles. The van der Waals surface area contributed by atoms with E-state index in [9.17, 15) is 19.2 Å². The number of likely N-dealkylation sites (tertiary alicyclic amines) is 1. The summed E-state index contributed by atoms with van der Waals surface area (Å²) in [6, 6.07) is 0.180. The third-order valence-corrected chi connectivity index (χ3v) is 5.84. The highest BCUT2D eigenvalue weighted by molar-refractivity contribution is 5.89. The third kappa shape index (κ3) is 5.43. The summed E-state index contributed by atoms with van der Waals surface area (Å²) in [6.45, 7) is 4.16. The lowest BCUT2D eigenvalue weighted by molar-refractivity contribution is -0.152. The third-order valence-electron chi connectivity index (χ3n) is 5.84. The molecule has 0 bridgehead atoms. The summed E-state index contributed by atoms with van der Waals surface area (Å²) >= 11 is 0. The summed E-state index contributed by atoms with van der Waals surface area (Å²) in [5, 5.41) is 2.40. The molecule has 1 saturated heterocycles. The number of carbonyl (C=O) groups excluding carboxylic acids is 4. The van der Waals surface area contributed by atoms with E-state index in [4.69, 9.17) is 4.74 Å². The fraction of sp³-hybridized carbons (Fsp3) is 0.789. The Hall–Kier alpha value is -2.12. The van der Waals surface area contributed by atoms with Crippen LogP contribution in [0.15, 0.2) is 0 Å². The molecule has 27 heavy (non-hydrogen) atoms. The first-order valence-electron chi connectivity index (χ1n) is 9.63. The van der Waals surface area contributed by atoms with Crippen LogP contribution in [0.5, 0.6) is 0 Å². The molecule has 3 amide bonds. The van der Waals surface area contributed by atoms with Gasteiger partial charge < -0.3 is 19.9 Å². The largest absolute Gasteiger partial charge is 0.455 e. The molecule has 1 aliphatic carbocycles. The van der Waals surface area contributed by atoms with Crippen molar-refractivity contribution in [2.75, 3.05) is 33.8 Å². The maximum atomic E-state index is 12.4. The first-order chi connectivity index (χ1) is 12.7. The lowest BCUT2D eigenvalue weighted by Crippen LogP contribution is -2.45. The highest BCUT2D eigenvalue weighted by Gasteiger charge is 2.42. The highest BCUT2D eigenvalue weighted by Crippen LogP contribution is 2.35. The molecule has 1 heterocycles. The number of likely N-dealkylation sites (N-methyl/N-ethyl adjacent to an activating group) is 1. The number of carbonyl (C=O) groups is 4. The van der Waals surface area contributed by atoms with Gasteiger partial charge in [-0.25, -0.2) is 0 Å². The summed E-state index contributed by atoms with van der Waals surface area (Å²) in [4.78, 5) is 51.0. The topological polar surface area (TPSA) is 96.0 Å². The number of nitrogens with zero attached hydrogens (tertiary/aromatic N) is 2. The molecule has 152 valence electrons. The van der Waals surface area contributed by atoms with Gasteiger partial charge in [-0.3, -0.25) is 19.2 Å². The maximum absolute atomic E-state index is 12.4. The van der Waals surface area contributed by atoms with Crippen LogP contribution >= 0.6 is 0 Å². The number of nitrogens with one attached hydrogen (secondary N) is 1. The molecular weight excluding hydrogens is 350 g/mol. The van der Waals surface area contributed by atoms with Crippen LogP contribution < -0.4 is 5.32 Å². The zero-order valence-corrected chi connectivity index (χ0v) is 16.7. The monoisotopic (exact) mass is 381 g/mol. The smallest absolute Gasteiger partial charge is 0.311 e. The van der Waals surface area contributed by atoms with Crippen molar-refractivity contribution in [1.82, 2.24) is 15.1 Å². The minimum absolute atomic E-state index is 0.0102. The summed E-state index contributed by atoms with van der Waals surface area (Å²) < 4.78 is 5.06. The second-order valence-corrected chi connectivity index (χ2v) is 7.95. The molecule has 1 N–H and O–H groups in total. The summed E-state index contributed by atoms with van der Waals surface area (Å²) in [7, 11) is 3.18. The molecule has 0 spiro atoms. The zero-order chi connectivity index (χ0) is 20.1. The van der Waals surface area contributed by atoms with Crippen molar-refractivity contribution in [2.45, 2.75) is 45.6 Å². The van der Waals surface area contributed by atoms with E-state index in [0.29, 0.717) is 18.4 Å². The highest BCUT2D eigenvalue weighted by atomic mass is 16.5. The van der Waals surface area contributed by atoms with Crippen molar-refractivity contribution >= 4 is 23.7 Å². The van der Waals surface area contributed by atoms with Crippen LogP contribution in [0, 0.1) is 17.8 Å². The van der Waals surface area contributed by atoms with Gasteiger partial charge in [-0.2, -0.15) is 0 Å². The minimum atomic E-state index is -0.533. The van der Waals surface area contributed by atoms with Crippen LogP contribution in [0.1, 0.15) is 39.5 Å². The Morgan fingerprint density at radius 1 is 1.22 bits per heavy atom. The quantitative estimate of drug-likeness (QED) is 0.672. The Labute approximate surface area is 160 Å². The van der Waals surface area contributed by atoms with Gasteiger partial charge in [-0.1, -0.05) is 26.7 Å². The Kier molecular flexibility index (Phi) is 7.21. The van der Waals surface area contributed by atoms with E-state index >= 15 is 0 Å². The first kappa shape index (κ1) is 21.2. The van der Waals surface area contributed by atoms with E-state index in [1.165, 1.54) is 11.3 Å². The predicted molar refractivity (Wildman–Crippen MR) is 98.4 cm³/mol. The Balaban J connectivity index is 1.80. The molecule has 0 aromatic rings. The molecule has 0 radical (unpaired) electrons. The standard InChI is InChI=1S/C19H31N3O5/c1-12-6-5-7-15(13(12)2)22-10-14(8-17(22)24)19(26)27-11-16(23)20-9-18(25)21(3)4/h12-15H,5-11H2,1-4H3,(H,20,23)/t12-,13+,14+,15-/m0/s1. The van der Waals surface area contributed by atoms with Crippen LogP contribution in [0.25, 0.3) is 0 Å². The van der Waals surface area contributed by atoms with Crippen molar-refractivity contribution < 1.29 is 23.9 Å². The number of rotatable bonds is 6. The van der Waals surface area contributed by atoms with Gasteiger partial charge >= 0.3 is 5.97 Å². The van der Waals surface area contributed by atoms with E-state index in [1.54, 1.807) is 14.1 Å². The summed E-state index contributed by atoms with van der Waals surface area (Å²) in [5.41, 5.74) is 0. The number of hydrogen-bond donors (Lipinski definition) is 1. The minimum Gasteiger partial charge on any atom is -0.455 e. The average molecular weight is 381 g/mol. The number of hydrogen-bond acceptors (Lipinski definition) is 5. The Morgan fingerprint density at radius 2 is 1.93 bits per heavy atom. The van der Waals surface area contributed by atoms with Crippen LogP contribution in [0.3, 0.4) is 0 Å². The van der Waals surface area contributed by atoms with Crippen LogP contribution in [0.2, 0.25) is 0 Å². The number of esters is 1. The van der Waals surface area contributed by atoms with Gasteiger partial charge in [-0.05, 0) is 18.3 Å². The van der Waals surface area contributed by atoms with Crippen LogP contribution in [-0.4, -0.2) is 73.3 Å². The molecule has 2 aliphatic rings. The van der Waals surface area contributed by atoms with Gasteiger partial charge in [0, 0.05) is 33.1 Å². The fourth-order valence-corrected chi connectivity index (χ4v) is 3.84. The molecular formula is C19H31N3O5. The SMILES string of the molecule is C[C@@H]1[C@@H](C)CCC[C@@H]1N1C[C@H](C(=O)OCC(=O)NCC(=O)N(C)C)CC1=O. The van der Waals surface area contributed by atoms with Gasteiger partial charge in [0.25, 0.3) is 5.91 Å². The van der Waals surface area contributed by atoms with E-state index in [1.807, 2.05) is 4.90 Å². The van der Waals surface area contributed by atoms with Crippen molar-refractivity contribution in [1.29, 1.82) is 0 Å². The van der Waals surface area contributed by atoms with Crippen molar-refractivity contribution in [3.8, 4) is 0 Å². The van der Waals surface area contributed by atoms with E-state index in [-0.39, 0.29) is 30.8 Å². The van der Waals surface area contributed by atoms with Crippen molar-refractivity contribution in [3.05, 3.63) is 0 Å². The molecule has 1 saturated carbocycles. The zero-order valence-electron chi connectivity index (χ0n) is 16.7. The molecule has 0 unspecified atom stereocenters. The van der Waals surface area contributed by atoms with E-state index < -0.39 is 24.4 Å². The Morgan fingerprint density at radius 3 is 2.59 bits per heavy atom. The van der Waals surface area contributed by atoms with Gasteiger partial charge in [0.1, 0.15) is 0 Å². The van der Waals surface area contributed by atoms with Gasteiger partial charge in [0.2, 0.25) is 11.8 Å². The molecule has 0 aromatic heterocycles. The second-order valence-electron chi connectivity index (χ2n) is 7.95. The summed E-state index contributed by atoms with van der Waals surface area (Å²) in [6.07, 6.45) is 3.38. The number of amides is 3. The van der Waals surface area contributed by atoms with E-state index in [0.717, 1.165) is 12.8 Å². The molecule has 2 fully saturated rings. The number of ether oxygens (including phenoxy) is 1. The van der Waals surface area contributed by atoms with Crippen LogP contribution in [0.4, 0.5) is 0 Å². The molecule has 8 nitrogen and oxygen atoms in total. The molecule has 1 aliphatic heterocycles. The normalized spacial score (nSPS) is 28.0. The molecule has 8 heteroatoms. The fourth-order valence-electron chi connectivity index (χ4n) is 3.84. The summed E-state index contributed by atoms with van der Waals surface area (Å²) in [5.74, 6) is -0.871. The van der Waals surface area contributed by atoms with Gasteiger partial charge in [0.05, 0.1) is 12.5 Å². The van der Waals surface area contributed by atoms with E-state index in [2.05, 4.69) is 19.2 Å². The first-order valence-corrected chi connectivity index (χ1v) is 9.63. The molecule has 2 rings (SSSR count). The van der Waals surface area contributed by atoms with Crippen molar-refractivity contribution in [2.24, 2.45) is 17.8 Å². The second kappa shape index (κ2) is 9.19. The lowest BCUT2D eigenvalue weighted by Gasteiger charge is -2.39.